The average Bonchev–Trinajstić information content (AvgIpc) is 2.07. The van der Waals surface area contributed by atoms with E-state index >= 15 is 0 Å². The molecule has 0 saturated heterocycles. The van der Waals surface area contributed by atoms with Crippen molar-refractivity contribution in [3.8, 4) is 6.07 Å². The van der Waals surface area contributed by atoms with E-state index in [1.165, 1.54) is 12.8 Å². The molecule has 0 heterocycles. The summed E-state index contributed by atoms with van der Waals surface area (Å²) in [4.78, 5) is 0. The molecule has 0 spiro atoms. The van der Waals surface area contributed by atoms with Crippen molar-refractivity contribution in [2.45, 2.75) is 32.6 Å². The number of hydrogen-bond donors (Lipinski definition) is 1. The Labute approximate surface area is 73.4 Å². The fourth-order valence-electron chi connectivity index (χ4n) is 1.48. The maximum absolute atomic E-state index is 8.82. The molecule has 0 bridgehead atoms. The molecule has 12 heavy (non-hydrogen) atoms. The molecule has 0 aromatic carbocycles. The van der Waals surface area contributed by atoms with Crippen molar-refractivity contribution in [1.82, 2.24) is 0 Å². The molecular formula is C10H14N2. The second-order valence-corrected chi connectivity index (χ2v) is 3.14. The predicted octanol–water partition coefficient (Wildman–Crippen LogP) is 2.24. The Balaban J connectivity index is 2.88. The van der Waals surface area contributed by atoms with Gasteiger partial charge in [-0.3, -0.25) is 0 Å². The van der Waals surface area contributed by atoms with Crippen LogP contribution in [0.3, 0.4) is 0 Å². The highest BCUT2D eigenvalue weighted by molar-refractivity contribution is 5.44. The van der Waals surface area contributed by atoms with Gasteiger partial charge in [-0.2, -0.15) is 5.26 Å². The number of nitrogens with two attached hydrogens (primary N) is 1. The first-order valence-corrected chi connectivity index (χ1v) is 4.31. The third-order valence-corrected chi connectivity index (χ3v) is 2.12. The average molecular weight is 162 g/mol. The molecule has 0 aliphatic heterocycles. The van der Waals surface area contributed by atoms with Gasteiger partial charge in [0.1, 0.15) is 6.07 Å². The van der Waals surface area contributed by atoms with Crippen LogP contribution in [0.15, 0.2) is 22.9 Å². The van der Waals surface area contributed by atoms with E-state index in [0.717, 1.165) is 18.4 Å². The van der Waals surface area contributed by atoms with Crippen LogP contribution in [0.1, 0.15) is 32.6 Å². The van der Waals surface area contributed by atoms with E-state index in [1.54, 1.807) is 6.92 Å². The Morgan fingerprint density at radius 2 is 2.33 bits per heavy atom. The maximum Gasteiger partial charge on any atom is 0.101 e. The van der Waals surface area contributed by atoms with Crippen LogP contribution in [0.4, 0.5) is 0 Å². The summed E-state index contributed by atoms with van der Waals surface area (Å²) in [5, 5.41) is 8.82. The minimum absolute atomic E-state index is 0.644. The second kappa shape index (κ2) is 3.96. The van der Waals surface area contributed by atoms with Gasteiger partial charge in [0.15, 0.2) is 0 Å². The van der Waals surface area contributed by atoms with Crippen LogP contribution in [0.2, 0.25) is 0 Å². The summed E-state index contributed by atoms with van der Waals surface area (Å²) in [7, 11) is 0. The number of nitrogens with zero attached hydrogens (tertiary/aromatic N) is 1. The van der Waals surface area contributed by atoms with Gasteiger partial charge in [0.05, 0.1) is 5.57 Å². The van der Waals surface area contributed by atoms with Crippen LogP contribution in [0.5, 0.6) is 0 Å². The van der Waals surface area contributed by atoms with E-state index in [1.807, 2.05) is 0 Å². The summed E-state index contributed by atoms with van der Waals surface area (Å²) < 4.78 is 0. The zero-order chi connectivity index (χ0) is 8.97. The van der Waals surface area contributed by atoms with Crippen molar-refractivity contribution in [2.75, 3.05) is 0 Å². The van der Waals surface area contributed by atoms with Gasteiger partial charge in [-0.05, 0) is 38.2 Å². The minimum Gasteiger partial charge on any atom is -0.401 e. The van der Waals surface area contributed by atoms with Gasteiger partial charge in [0.2, 0.25) is 0 Å². The topological polar surface area (TPSA) is 49.8 Å². The van der Waals surface area contributed by atoms with E-state index in [9.17, 15) is 0 Å². The van der Waals surface area contributed by atoms with Gasteiger partial charge in [-0.1, -0.05) is 6.08 Å². The molecule has 64 valence electrons. The quantitative estimate of drug-likeness (QED) is 0.601. The van der Waals surface area contributed by atoms with Gasteiger partial charge in [0, 0.05) is 5.70 Å². The Hall–Kier alpha value is -1.23. The smallest absolute Gasteiger partial charge is 0.101 e. The first-order valence-electron chi connectivity index (χ1n) is 4.31. The first kappa shape index (κ1) is 8.86. The van der Waals surface area contributed by atoms with E-state index < -0.39 is 0 Å². The Bertz CT molecular complexity index is 262. The van der Waals surface area contributed by atoms with Crippen molar-refractivity contribution in [1.29, 1.82) is 5.26 Å². The summed E-state index contributed by atoms with van der Waals surface area (Å²) in [6.45, 7) is 1.79. The number of allylic oxidation sites excluding steroid dienone is 4. The standard InChI is InChI=1S/C10H14N2/c1-8(12)10(7-11)9-5-3-2-4-6-9/h5H,2-4,6,12H2,1H3. The lowest BCUT2D eigenvalue weighted by Crippen LogP contribution is -2.02. The van der Waals surface area contributed by atoms with Gasteiger partial charge >= 0.3 is 0 Å². The molecule has 0 saturated carbocycles. The van der Waals surface area contributed by atoms with Crippen LogP contribution in [0, 0.1) is 11.3 Å². The molecule has 1 rings (SSSR count). The second-order valence-electron chi connectivity index (χ2n) is 3.14. The van der Waals surface area contributed by atoms with Crippen molar-refractivity contribution in [3.63, 3.8) is 0 Å². The first-order chi connectivity index (χ1) is 5.75. The lowest BCUT2D eigenvalue weighted by atomic mass is 9.93. The molecule has 0 radical (unpaired) electrons. The Kier molecular flexibility index (Phi) is 2.93. The van der Waals surface area contributed by atoms with Crippen LogP contribution in [0.25, 0.3) is 0 Å². The molecular weight excluding hydrogens is 148 g/mol. The van der Waals surface area contributed by atoms with Crippen LogP contribution < -0.4 is 5.73 Å². The zero-order valence-electron chi connectivity index (χ0n) is 7.43. The van der Waals surface area contributed by atoms with E-state index in [-0.39, 0.29) is 0 Å². The summed E-state index contributed by atoms with van der Waals surface area (Å²) in [5.41, 5.74) is 8.07. The molecule has 2 N–H and O–H groups in total. The molecule has 0 amide bonds. The Morgan fingerprint density at radius 3 is 2.75 bits per heavy atom. The lowest BCUT2D eigenvalue weighted by Gasteiger charge is -2.12. The van der Waals surface area contributed by atoms with Gasteiger partial charge in [-0.15, -0.1) is 0 Å². The largest absolute Gasteiger partial charge is 0.401 e. The molecule has 0 aromatic heterocycles. The fourth-order valence-corrected chi connectivity index (χ4v) is 1.48. The van der Waals surface area contributed by atoms with E-state index in [4.69, 9.17) is 11.0 Å². The summed E-state index contributed by atoms with van der Waals surface area (Å²) in [5.74, 6) is 0. The van der Waals surface area contributed by atoms with Crippen molar-refractivity contribution in [3.05, 3.63) is 22.9 Å². The summed E-state index contributed by atoms with van der Waals surface area (Å²) in [6, 6.07) is 2.16. The minimum atomic E-state index is 0.644. The van der Waals surface area contributed by atoms with E-state index in [0.29, 0.717) is 11.3 Å². The number of nitriles is 1. The monoisotopic (exact) mass is 162 g/mol. The molecule has 0 atom stereocenters. The molecule has 2 heteroatoms. The van der Waals surface area contributed by atoms with Crippen LogP contribution >= 0.6 is 0 Å². The predicted molar refractivity (Wildman–Crippen MR) is 49.1 cm³/mol. The fraction of sp³-hybridized carbons (Fsp3) is 0.500. The third kappa shape index (κ3) is 1.88. The van der Waals surface area contributed by atoms with Gasteiger partial charge < -0.3 is 5.73 Å². The third-order valence-electron chi connectivity index (χ3n) is 2.12. The van der Waals surface area contributed by atoms with Crippen molar-refractivity contribution in [2.24, 2.45) is 5.73 Å². The molecule has 1 aliphatic rings. The normalized spacial score (nSPS) is 19.2. The van der Waals surface area contributed by atoms with E-state index in [2.05, 4.69) is 12.1 Å². The Morgan fingerprint density at radius 1 is 1.58 bits per heavy atom. The van der Waals surface area contributed by atoms with Crippen LogP contribution in [-0.2, 0) is 0 Å². The van der Waals surface area contributed by atoms with Gasteiger partial charge in [0.25, 0.3) is 0 Å². The van der Waals surface area contributed by atoms with Crippen LogP contribution in [-0.4, -0.2) is 0 Å². The van der Waals surface area contributed by atoms with Crippen molar-refractivity contribution >= 4 is 0 Å². The molecule has 0 aromatic rings. The number of hydrogen-bond acceptors (Lipinski definition) is 2. The highest BCUT2D eigenvalue weighted by Gasteiger charge is 2.09. The lowest BCUT2D eigenvalue weighted by molar-refractivity contribution is 0.707. The highest BCUT2D eigenvalue weighted by atomic mass is 14.6. The summed E-state index contributed by atoms with van der Waals surface area (Å²) in [6.07, 6.45) is 6.67. The zero-order valence-corrected chi connectivity index (χ0v) is 7.43. The molecule has 2 nitrogen and oxygen atoms in total. The summed E-state index contributed by atoms with van der Waals surface area (Å²) >= 11 is 0. The van der Waals surface area contributed by atoms with Gasteiger partial charge in [-0.25, -0.2) is 0 Å². The SMILES string of the molecule is CC(N)=C(C#N)C1=CCCCC1. The highest BCUT2D eigenvalue weighted by Crippen LogP contribution is 2.24. The number of rotatable bonds is 1. The molecule has 1 aliphatic carbocycles. The maximum atomic E-state index is 8.82. The molecule has 0 unspecified atom stereocenters. The molecule has 0 fully saturated rings. The van der Waals surface area contributed by atoms with Crippen molar-refractivity contribution < 1.29 is 0 Å².